The Morgan fingerprint density at radius 3 is 2.82 bits per heavy atom. The molecular weight excluding hydrogens is 138 g/mol. The molecule has 0 spiro atoms. The van der Waals surface area contributed by atoms with E-state index in [0.717, 1.165) is 11.3 Å². The van der Waals surface area contributed by atoms with E-state index >= 15 is 0 Å². The highest BCUT2D eigenvalue weighted by Crippen LogP contribution is 2.05. The quantitative estimate of drug-likeness (QED) is 0.598. The van der Waals surface area contributed by atoms with Crippen LogP contribution in [0.2, 0.25) is 0 Å². The highest BCUT2D eigenvalue weighted by molar-refractivity contribution is 5.29. The van der Waals surface area contributed by atoms with Gasteiger partial charge in [0.15, 0.2) is 0 Å². The van der Waals surface area contributed by atoms with Crippen LogP contribution in [-0.4, -0.2) is 10.1 Å². The largest absolute Gasteiger partial charge is 0.392 e. The van der Waals surface area contributed by atoms with Crippen molar-refractivity contribution in [1.29, 1.82) is 0 Å². The molecule has 2 heteroatoms. The van der Waals surface area contributed by atoms with E-state index in [1.54, 1.807) is 12.1 Å². The lowest BCUT2D eigenvalue weighted by Gasteiger charge is -2.00. The summed E-state index contributed by atoms with van der Waals surface area (Å²) in [5.41, 5.74) is 2.23. The van der Waals surface area contributed by atoms with Crippen LogP contribution in [0.4, 0.5) is 0 Å². The average Bonchev–Trinajstić information content (AvgIpc) is 2.04. The van der Waals surface area contributed by atoms with E-state index in [9.17, 15) is 0 Å². The lowest BCUT2D eigenvalue weighted by atomic mass is 10.2. The van der Waals surface area contributed by atoms with Crippen molar-refractivity contribution in [3.05, 3.63) is 29.1 Å². The van der Waals surface area contributed by atoms with Crippen LogP contribution < -0.4 is 0 Å². The monoisotopic (exact) mass is 147 g/mol. The Morgan fingerprint density at radius 1 is 1.64 bits per heavy atom. The first kappa shape index (κ1) is 7.77. The van der Waals surface area contributed by atoms with Crippen molar-refractivity contribution in [2.75, 3.05) is 0 Å². The molecule has 0 atom stereocenters. The van der Waals surface area contributed by atoms with Crippen LogP contribution in [0.15, 0.2) is 12.1 Å². The van der Waals surface area contributed by atoms with Gasteiger partial charge in [-0.1, -0.05) is 12.0 Å². The fourth-order valence-electron chi connectivity index (χ4n) is 0.837. The Hall–Kier alpha value is -1.33. The zero-order valence-corrected chi connectivity index (χ0v) is 6.33. The van der Waals surface area contributed by atoms with Gasteiger partial charge in [-0.3, -0.25) is 0 Å². The second-order valence-electron chi connectivity index (χ2n) is 2.24. The molecule has 1 aromatic rings. The highest BCUT2D eigenvalue weighted by Gasteiger charge is 1.97. The van der Waals surface area contributed by atoms with Crippen LogP contribution in [0.25, 0.3) is 0 Å². The smallest absolute Gasteiger partial charge is 0.113 e. The number of rotatable bonds is 1. The van der Waals surface area contributed by atoms with E-state index in [0.29, 0.717) is 5.69 Å². The number of aliphatic hydroxyl groups excluding tert-OH is 1. The van der Waals surface area contributed by atoms with Gasteiger partial charge in [-0.25, -0.2) is 4.98 Å². The number of pyridine rings is 1. The molecular formula is C9H9NO. The predicted molar refractivity (Wildman–Crippen MR) is 42.8 cm³/mol. The molecule has 0 unspecified atom stereocenters. The molecule has 0 aliphatic rings. The molecule has 0 saturated heterocycles. The first-order valence-electron chi connectivity index (χ1n) is 3.32. The first-order chi connectivity index (χ1) is 5.27. The van der Waals surface area contributed by atoms with E-state index < -0.39 is 0 Å². The molecule has 11 heavy (non-hydrogen) atoms. The van der Waals surface area contributed by atoms with Crippen LogP contribution in [0, 0.1) is 19.3 Å². The standard InChI is InChI=1S/C9H9NO/c1-3-9-5-4-8(6-11)7(2)10-9/h1,4-5,11H,6H2,2H3. The van der Waals surface area contributed by atoms with Crippen LogP contribution in [0.1, 0.15) is 17.0 Å². The highest BCUT2D eigenvalue weighted by atomic mass is 16.3. The van der Waals surface area contributed by atoms with Crippen LogP contribution in [-0.2, 0) is 6.61 Å². The van der Waals surface area contributed by atoms with Crippen LogP contribution >= 0.6 is 0 Å². The first-order valence-corrected chi connectivity index (χ1v) is 3.32. The topological polar surface area (TPSA) is 33.1 Å². The lowest BCUT2D eigenvalue weighted by Crippen LogP contribution is -1.93. The average molecular weight is 147 g/mol. The molecule has 0 aliphatic heterocycles. The maximum atomic E-state index is 8.79. The summed E-state index contributed by atoms with van der Waals surface area (Å²) in [6.07, 6.45) is 5.14. The Bertz CT molecular complexity index is 299. The van der Waals surface area contributed by atoms with Crippen molar-refractivity contribution in [2.24, 2.45) is 0 Å². The summed E-state index contributed by atoms with van der Waals surface area (Å²) in [5, 5.41) is 8.79. The molecule has 0 aliphatic carbocycles. The number of nitrogens with zero attached hydrogens (tertiary/aromatic N) is 1. The van der Waals surface area contributed by atoms with E-state index in [4.69, 9.17) is 11.5 Å². The third-order valence-electron chi connectivity index (χ3n) is 1.51. The van der Waals surface area contributed by atoms with E-state index in [2.05, 4.69) is 10.9 Å². The van der Waals surface area contributed by atoms with Gasteiger partial charge in [-0.2, -0.15) is 0 Å². The van der Waals surface area contributed by atoms with E-state index in [-0.39, 0.29) is 6.61 Å². The molecule has 0 saturated carbocycles. The van der Waals surface area contributed by atoms with Gasteiger partial charge in [0.25, 0.3) is 0 Å². The maximum absolute atomic E-state index is 8.79. The van der Waals surface area contributed by atoms with Crippen molar-refractivity contribution in [3.63, 3.8) is 0 Å². The van der Waals surface area contributed by atoms with Gasteiger partial charge in [0.2, 0.25) is 0 Å². The van der Waals surface area contributed by atoms with Crippen molar-refractivity contribution < 1.29 is 5.11 Å². The Morgan fingerprint density at radius 2 is 2.36 bits per heavy atom. The summed E-state index contributed by atoms with van der Waals surface area (Å²) in [7, 11) is 0. The third-order valence-corrected chi connectivity index (χ3v) is 1.51. The molecule has 0 fully saturated rings. The molecule has 1 N–H and O–H groups in total. The van der Waals surface area contributed by atoms with Crippen molar-refractivity contribution in [3.8, 4) is 12.3 Å². The van der Waals surface area contributed by atoms with Crippen LogP contribution in [0.3, 0.4) is 0 Å². The molecule has 0 amide bonds. The summed E-state index contributed by atoms with van der Waals surface area (Å²) in [6.45, 7) is 1.84. The zero-order chi connectivity index (χ0) is 8.27. The van der Waals surface area contributed by atoms with Gasteiger partial charge in [-0.05, 0) is 18.6 Å². The normalized spacial score (nSPS) is 9.18. The second-order valence-corrected chi connectivity index (χ2v) is 2.24. The summed E-state index contributed by atoms with van der Waals surface area (Å²) >= 11 is 0. The molecule has 56 valence electrons. The zero-order valence-electron chi connectivity index (χ0n) is 6.33. The van der Waals surface area contributed by atoms with Crippen molar-refractivity contribution in [1.82, 2.24) is 4.98 Å². The molecule has 1 heterocycles. The molecule has 1 rings (SSSR count). The van der Waals surface area contributed by atoms with E-state index in [1.807, 2.05) is 6.92 Å². The summed E-state index contributed by atoms with van der Waals surface area (Å²) in [5.74, 6) is 2.43. The maximum Gasteiger partial charge on any atom is 0.113 e. The molecule has 1 aromatic heterocycles. The van der Waals surface area contributed by atoms with Gasteiger partial charge < -0.3 is 5.11 Å². The predicted octanol–water partition coefficient (Wildman–Crippen LogP) is 0.864. The number of aliphatic hydroxyl groups is 1. The van der Waals surface area contributed by atoms with Crippen molar-refractivity contribution >= 4 is 0 Å². The number of hydrogen-bond acceptors (Lipinski definition) is 2. The summed E-state index contributed by atoms with van der Waals surface area (Å²) in [6, 6.07) is 3.51. The minimum absolute atomic E-state index is 0.0175. The minimum atomic E-state index is 0.0175. The molecule has 0 bridgehead atoms. The molecule has 0 radical (unpaired) electrons. The Kier molecular flexibility index (Phi) is 2.25. The minimum Gasteiger partial charge on any atom is -0.392 e. The van der Waals surface area contributed by atoms with Gasteiger partial charge in [0.1, 0.15) is 5.69 Å². The van der Waals surface area contributed by atoms with Gasteiger partial charge in [0.05, 0.1) is 6.61 Å². The Balaban J connectivity index is 3.12. The second kappa shape index (κ2) is 3.18. The van der Waals surface area contributed by atoms with Gasteiger partial charge in [0, 0.05) is 5.69 Å². The fourth-order valence-corrected chi connectivity index (χ4v) is 0.837. The molecule has 2 nitrogen and oxygen atoms in total. The summed E-state index contributed by atoms with van der Waals surface area (Å²) in [4.78, 5) is 4.07. The van der Waals surface area contributed by atoms with E-state index in [1.165, 1.54) is 0 Å². The van der Waals surface area contributed by atoms with Crippen molar-refractivity contribution in [2.45, 2.75) is 13.5 Å². The SMILES string of the molecule is C#Cc1ccc(CO)c(C)n1. The number of terminal acetylenes is 1. The fraction of sp³-hybridized carbons (Fsp3) is 0.222. The molecule has 0 aromatic carbocycles. The van der Waals surface area contributed by atoms with Crippen LogP contribution in [0.5, 0.6) is 0 Å². The number of hydrogen-bond donors (Lipinski definition) is 1. The number of aromatic nitrogens is 1. The third kappa shape index (κ3) is 1.57. The summed E-state index contributed by atoms with van der Waals surface area (Å²) < 4.78 is 0. The van der Waals surface area contributed by atoms with Gasteiger partial charge in [-0.15, -0.1) is 6.42 Å². The lowest BCUT2D eigenvalue weighted by molar-refractivity contribution is 0.280. The number of aryl methyl sites for hydroxylation is 1. The van der Waals surface area contributed by atoms with Gasteiger partial charge >= 0.3 is 0 Å². The Labute approximate surface area is 65.9 Å².